The van der Waals surface area contributed by atoms with Crippen molar-refractivity contribution in [1.82, 2.24) is 4.90 Å². The zero-order chi connectivity index (χ0) is 14.5. The summed E-state index contributed by atoms with van der Waals surface area (Å²) >= 11 is 0. The minimum atomic E-state index is -0.388. The number of primary amides is 1. The molecule has 108 valence electrons. The summed E-state index contributed by atoms with van der Waals surface area (Å²) in [6.07, 6.45) is 3.10. The van der Waals surface area contributed by atoms with Gasteiger partial charge in [0.15, 0.2) is 0 Å². The van der Waals surface area contributed by atoms with Crippen LogP contribution in [0.15, 0.2) is 24.3 Å². The van der Waals surface area contributed by atoms with Crippen LogP contribution in [0.5, 0.6) is 0 Å². The molecule has 2 N–H and O–H groups in total. The van der Waals surface area contributed by atoms with Crippen molar-refractivity contribution in [3.05, 3.63) is 35.6 Å². The van der Waals surface area contributed by atoms with E-state index in [1.165, 1.54) is 12.1 Å². The van der Waals surface area contributed by atoms with Gasteiger partial charge in [0.1, 0.15) is 5.82 Å². The first-order valence-electron chi connectivity index (χ1n) is 6.88. The number of piperidine rings is 1. The first kappa shape index (κ1) is 14.5. The van der Waals surface area contributed by atoms with Gasteiger partial charge in [-0.25, -0.2) is 4.39 Å². The van der Waals surface area contributed by atoms with Crippen LogP contribution >= 0.6 is 0 Å². The molecule has 1 aliphatic rings. The van der Waals surface area contributed by atoms with Crippen molar-refractivity contribution in [2.24, 2.45) is 5.73 Å². The molecule has 20 heavy (non-hydrogen) atoms. The molecule has 0 unspecified atom stereocenters. The van der Waals surface area contributed by atoms with E-state index in [9.17, 15) is 14.0 Å². The minimum Gasteiger partial charge on any atom is -0.370 e. The lowest BCUT2D eigenvalue weighted by Crippen LogP contribution is -2.46. The number of nitrogens with zero attached hydrogens (tertiary/aromatic N) is 1. The van der Waals surface area contributed by atoms with Gasteiger partial charge in [0.25, 0.3) is 0 Å². The van der Waals surface area contributed by atoms with Gasteiger partial charge >= 0.3 is 0 Å². The number of carbonyl (C=O) groups is 2. The molecule has 1 aromatic rings. The minimum absolute atomic E-state index is 0.0680. The van der Waals surface area contributed by atoms with Crippen molar-refractivity contribution in [2.45, 2.75) is 38.1 Å². The molecule has 1 heterocycles. The standard InChI is InChI=1S/C15H19FN2O2/c16-12-5-3-4-11(8-12)9-15(20)18-7-2-1-6-13(18)10-14(17)19/h3-5,8,13H,1-2,6-7,9-10H2,(H2,17,19)/t13-/m1/s1. The molecule has 5 heteroatoms. The van der Waals surface area contributed by atoms with E-state index in [1.54, 1.807) is 17.0 Å². The zero-order valence-electron chi connectivity index (χ0n) is 11.3. The molecule has 1 aliphatic heterocycles. The number of carbonyl (C=O) groups excluding carboxylic acids is 2. The normalized spacial score (nSPS) is 18.9. The molecular weight excluding hydrogens is 259 g/mol. The van der Waals surface area contributed by atoms with Crippen LogP contribution in [0.3, 0.4) is 0 Å². The van der Waals surface area contributed by atoms with Crippen LogP contribution < -0.4 is 5.73 Å². The Balaban J connectivity index is 2.04. The van der Waals surface area contributed by atoms with Crippen molar-refractivity contribution in [3.63, 3.8) is 0 Å². The average Bonchev–Trinajstić information content (AvgIpc) is 2.38. The maximum atomic E-state index is 13.1. The largest absolute Gasteiger partial charge is 0.370 e. The molecule has 0 spiro atoms. The van der Waals surface area contributed by atoms with Crippen molar-refractivity contribution in [2.75, 3.05) is 6.54 Å². The number of hydrogen-bond acceptors (Lipinski definition) is 2. The highest BCUT2D eigenvalue weighted by Crippen LogP contribution is 2.20. The summed E-state index contributed by atoms with van der Waals surface area (Å²) < 4.78 is 13.1. The Morgan fingerprint density at radius 3 is 2.85 bits per heavy atom. The predicted octanol–water partition coefficient (Wildman–Crippen LogP) is 1.62. The van der Waals surface area contributed by atoms with Gasteiger partial charge < -0.3 is 10.6 Å². The lowest BCUT2D eigenvalue weighted by molar-refractivity contribution is -0.135. The lowest BCUT2D eigenvalue weighted by Gasteiger charge is -2.35. The Hall–Kier alpha value is -1.91. The second kappa shape index (κ2) is 6.50. The van der Waals surface area contributed by atoms with Gasteiger partial charge in [0.05, 0.1) is 6.42 Å². The van der Waals surface area contributed by atoms with Gasteiger partial charge in [-0.1, -0.05) is 12.1 Å². The SMILES string of the molecule is NC(=O)C[C@H]1CCCCN1C(=O)Cc1cccc(F)c1. The van der Waals surface area contributed by atoms with Crippen LogP contribution in [-0.4, -0.2) is 29.3 Å². The number of amides is 2. The van der Waals surface area contributed by atoms with Crippen LogP contribution in [0.4, 0.5) is 4.39 Å². The highest BCUT2D eigenvalue weighted by Gasteiger charge is 2.27. The van der Waals surface area contributed by atoms with Crippen molar-refractivity contribution >= 4 is 11.8 Å². The Bertz CT molecular complexity index is 504. The van der Waals surface area contributed by atoms with E-state index in [4.69, 9.17) is 5.73 Å². The first-order chi connectivity index (χ1) is 9.56. The van der Waals surface area contributed by atoms with E-state index >= 15 is 0 Å². The number of likely N-dealkylation sites (tertiary alicyclic amines) is 1. The van der Waals surface area contributed by atoms with Crippen LogP contribution in [0, 0.1) is 5.82 Å². The summed E-state index contributed by atoms with van der Waals surface area (Å²) in [5.74, 6) is -0.801. The summed E-state index contributed by atoms with van der Waals surface area (Å²) in [6, 6.07) is 5.93. The molecule has 0 saturated carbocycles. The maximum absolute atomic E-state index is 13.1. The highest BCUT2D eigenvalue weighted by atomic mass is 19.1. The fourth-order valence-corrected chi connectivity index (χ4v) is 2.70. The third-order valence-electron chi connectivity index (χ3n) is 3.63. The molecule has 0 aliphatic carbocycles. The van der Waals surface area contributed by atoms with Gasteiger partial charge in [-0.05, 0) is 37.0 Å². The third kappa shape index (κ3) is 3.79. The molecule has 1 aromatic carbocycles. The summed E-state index contributed by atoms with van der Waals surface area (Å²) in [6.45, 7) is 0.645. The highest BCUT2D eigenvalue weighted by molar-refractivity contribution is 5.80. The van der Waals surface area contributed by atoms with E-state index in [0.717, 1.165) is 19.3 Å². The van der Waals surface area contributed by atoms with Gasteiger partial charge in [0.2, 0.25) is 11.8 Å². The fraction of sp³-hybridized carbons (Fsp3) is 0.467. The summed E-state index contributed by atoms with van der Waals surface area (Å²) in [5.41, 5.74) is 5.88. The van der Waals surface area contributed by atoms with E-state index in [1.807, 2.05) is 0 Å². The van der Waals surface area contributed by atoms with Gasteiger partial charge in [-0.3, -0.25) is 9.59 Å². The lowest BCUT2D eigenvalue weighted by atomic mass is 9.98. The van der Waals surface area contributed by atoms with Crippen molar-refractivity contribution in [3.8, 4) is 0 Å². The molecule has 0 aromatic heterocycles. The first-order valence-corrected chi connectivity index (χ1v) is 6.88. The van der Waals surface area contributed by atoms with E-state index in [-0.39, 0.29) is 36.5 Å². The van der Waals surface area contributed by atoms with Crippen molar-refractivity contribution < 1.29 is 14.0 Å². The van der Waals surface area contributed by atoms with Crippen LogP contribution in [0.1, 0.15) is 31.2 Å². The molecule has 0 bridgehead atoms. The van der Waals surface area contributed by atoms with Crippen LogP contribution in [-0.2, 0) is 16.0 Å². The number of hydrogen-bond donors (Lipinski definition) is 1. The number of nitrogens with two attached hydrogens (primary N) is 1. The second-order valence-corrected chi connectivity index (χ2v) is 5.21. The monoisotopic (exact) mass is 278 g/mol. The molecule has 1 atom stereocenters. The smallest absolute Gasteiger partial charge is 0.227 e. The summed E-state index contributed by atoms with van der Waals surface area (Å²) in [5, 5.41) is 0. The molecule has 2 amide bonds. The topological polar surface area (TPSA) is 63.4 Å². The molecule has 1 saturated heterocycles. The van der Waals surface area contributed by atoms with Crippen molar-refractivity contribution in [1.29, 1.82) is 0 Å². The Morgan fingerprint density at radius 1 is 1.35 bits per heavy atom. The predicted molar refractivity (Wildman–Crippen MR) is 73.3 cm³/mol. The summed E-state index contributed by atoms with van der Waals surface area (Å²) in [4.78, 5) is 25.1. The number of benzene rings is 1. The molecule has 0 radical (unpaired) electrons. The molecule has 4 nitrogen and oxygen atoms in total. The Morgan fingerprint density at radius 2 is 2.15 bits per heavy atom. The quantitative estimate of drug-likeness (QED) is 0.909. The van der Waals surface area contributed by atoms with Gasteiger partial charge in [-0.15, -0.1) is 0 Å². The van der Waals surface area contributed by atoms with E-state index < -0.39 is 0 Å². The van der Waals surface area contributed by atoms with Gasteiger partial charge in [0, 0.05) is 19.0 Å². The number of halogens is 1. The van der Waals surface area contributed by atoms with E-state index in [0.29, 0.717) is 12.1 Å². The third-order valence-corrected chi connectivity index (χ3v) is 3.63. The average molecular weight is 278 g/mol. The van der Waals surface area contributed by atoms with Crippen LogP contribution in [0.25, 0.3) is 0 Å². The summed E-state index contributed by atoms with van der Waals surface area (Å²) in [7, 11) is 0. The van der Waals surface area contributed by atoms with Gasteiger partial charge in [-0.2, -0.15) is 0 Å². The Kier molecular flexibility index (Phi) is 4.71. The molecule has 1 fully saturated rings. The molecular formula is C15H19FN2O2. The van der Waals surface area contributed by atoms with E-state index in [2.05, 4.69) is 0 Å². The number of rotatable bonds is 4. The van der Waals surface area contributed by atoms with Crippen LogP contribution in [0.2, 0.25) is 0 Å². The Labute approximate surface area is 117 Å². The maximum Gasteiger partial charge on any atom is 0.227 e. The second-order valence-electron chi connectivity index (χ2n) is 5.21. The molecule has 2 rings (SSSR count). The zero-order valence-corrected chi connectivity index (χ0v) is 11.3. The fourth-order valence-electron chi connectivity index (χ4n) is 2.70.